The summed E-state index contributed by atoms with van der Waals surface area (Å²) >= 11 is 0. The van der Waals surface area contributed by atoms with E-state index in [0.29, 0.717) is 6.54 Å². The number of carboxylic acids is 1. The summed E-state index contributed by atoms with van der Waals surface area (Å²) in [4.78, 5) is 13.1. The Hall–Kier alpha value is -1.36. The van der Waals surface area contributed by atoms with Gasteiger partial charge in [0, 0.05) is 12.1 Å². The van der Waals surface area contributed by atoms with Crippen molar-refractivity contribution in [1.82, 2.24) is 10.1 Å². The van der Waals surface area contributed by atoms with Crippen LogP contribution in [0.5, 0.6) is 0 Å². The molecule has 0 aromatic carbocycles. The number of carboxylic acid groups (broad SMARTS) is 1. The smallest absolute Gasteiger partial charge is 0.320 e. The number of hydrogen-bond acceptors (Lipinski definition) is 4. The number of likely N-dealkylation sites (tertiary alicyclic amines) is 1. The number of carbonyl (C=O) groups is 1. The molecule has 2 rings (SSSR count). The van der Waals surface area contributed by atoms with Crippen molar-refractivity contribution in [1.29, 1.82) is 0 Å². The van der Waals surface area contributed by atoms with Crippen molar-refractivity contribution in [2.75, 3.05) is 6.54 Å². The molecule has 0 amide bonds. The van der Waals surface area contributed by atoms with Crippen LogP contribution in [0.3, 0.4) is 0 Å². The number of aliphatic carboxylic acids is 1. The fourth-order valence-corrected chi connectivity index (χ4v) is 2.42. The molecule has 0 aliphatic carbocycles. The minimum atomic E-state index is -0.727. The van der Waals surface area contributed by atoms with Gasteiger partial charge in [0.05, 0.1) is 5.69 Å². The van der Waals surface area contributed by atoms with Crippen LogP contribution in [0, 0.1) is 6.92 Å². The van der Waals surface area contributed by atoms with Crippen LogP contribution >= 0.6 is 0 Å². The topological polar surface area (TPSA) is 66.6 Å². The highest BCUT2D eigenvalue weighted by Crippen LogP contribution is 2.23. The minimum absolute atomic E-state index is 0.353. The molecular weight excluding hydrogens is 220 g/mol. The predicted octanol–water partition coefficient (Wildman–Crippen LogP) is 1.59. The zero-order valence-electron chi connectivity index (χ0n) is 10.3. The van der Waals surface area contributed by atoms with E-state index >= 15 is 0 Å². The van der Waals surface area contributed by atoms with Gasteiger partial charge < -0.3 is 9.63 Å². The standard InChI is InChI=1S/C12H18N2O3/c1-3-10-9(8(2)17-13-10)7-14-6-4-5-11(14)12(15)16/h11H,3-7H2,1-2H3,(H,15,16)/t11-/m0/s1. The Kier molecular flexibility index (Phi) is 3.47. The SMILES string of the molecule is CCc1noc(C)c1CN1CCC[C@H]1C(=O)O. The summed E-state index contributed by atoms with van der Waals surface area (Å²) in [6.45, 7) is 5.38. The summed E-state index contributed by atoms with van der Waals surface area (Å²) < 4.78 is 5.17. The Morgan fingerprint density at radius 3 is 3.06 bits per heavy atom. The lowest BCUT2D eigenvalue weighted by Crippen LogP contribution is -2.35. The molecule has 1 aromatic heterocycles. The van der Waals surface area contributed by atoms with Crippen LogP contribution in [0.25, 0.3) is 0 Å². The van der Waals surface area contributed by atoms with Gasteiger partial charge in [-0.1, -0.05) is 12.1 Å². The van der Waals surface area contributed by atoms with Crippen LogP contribution in [0.1, 0.15) is 36.8 Å². The normalized spacial score (nSPS) is 20.9. The first kappa shape index (κ1) is 12.1. The molecule has 0 radical (unpaired) electrons. The molecule has 0 spiro atoms. The maximum Gasteiger partial charge on any atom is 0.320 e. The maximum absolute atomic E-state index is 11.1. The van der Waals surface area contributed by atoms with Gasteiger partial charge >= 0.3 is 5.97 Å². The largest absolute Gasteiger partial charge is 0.480 e. The summed E-state index contributed by atoms with van der Waals surface area (Å²) in [6.07, 6.45) is 2.50. The van der Waals surface area contributed by atoms with E-state index in [0.717, 1.165) is 42.8 Å². The lowest BCUT2D eigenvalue weighted by molar-refractivity contribution is -0.142. The van der Waals surface area contributed by atoms with E-state index in [-0.39, 0.29) is 6.04 Å². The lowest BCUT2D eigenvalue weighted by atomic mass is 10.1. The molecule has 5 nitrogen and oxygen atoms in total. The fourth-order valence-electron chi connectivity index (χ4n) is 2.42. The summed E-state index contributed by atoms with van der Waals surface area (Å²) in [7, 11) is 0. The molecule has 1 aliphatic heterocycles. The van der Waals surface area contributed by atoms with Crippen molar-refractivity contribution >= 4 is 5.97 Å². The third kappa shape index (κ3) is 2.34. The van der Waals surface area contributed by atoms with Gasteiger partial charge in [-0.15, -0.1) is 0 Å². The third-order valence-corrected chi connectivity index (χ3v) is 3.41. The Balaban J connectivity index is 2.14. The van der Waals surface area contributed by atoms with E-state index in [2.05, 4.69) is 5.16 Å². The van der Waals surface area contributed by atoms with Crippen LogP contribution in [0.2, 0.25) is 0 Å². The highest BCUT2D eigenvalue weighted by molar-refractivity contribution is 5.73. The molecular formula is C12H18N2O3. The fraction of sp³-hybridized carbons (Fsp3) is 0.667. The minimum Gasteiger partial charge on any atom is -0.480 e. The second-order valence-corrected chi connectivity index (χ2v) is 4.48. The van der Waals surface area contributed by atoms with Crippen molar-refractivity contribution in [2.24, 2.45) is 0 Å². The highest BCUT2D eigenvalue weighted by Gasteiger charge is 2.31. The second kappa shape index (κ2) is 4.87. The second-order valence-electron chi connectivity index (χ2n) is 4.48. The summed E-state index contributed by atoms with van der Waals surface area (Å²) in [5.74, 6) is 0.0764. The quantitative estimate of drug-likeness (QED) is 0.862. The van der Waals surface area contributed by atoms with Gasteiger partial charge in [-0.05, 0) is 32.7 Å². The van der Waals surface area contributed by atoms with Crippen molar-refractivity contribution in [3.8, 4) is 0 Å². The van der Waals surface area contributed by atoms with Gasteiger partial charge in [-0.3, -0.25) is 9.69 Å². The zero-order valence-corrected chi connectivity index (χ0v) is 10.3. The van der Waals surface area contributed by atoms with Crippen molar-refractivity contribution in [3.63, 3.8) is 0 Å². The van der Waals surface area contributed by atoms with Gasteiger partial charge in [0.15, 0.2) is 0 Å². The molecule has 1 N–H and O–H groups in total. The molecule has 1 fully saturated rings. The van der Waals surface area contributed by atoms with Crippen LogP contribution in [-0.4, -0.2) is 33.7 Å². The number of aromatic nitrogens is 1. The lowest BCUT2D eigenvalue weighted by Gasteiger charge is -2.20. The Labute approximate surface area is 100 Å². The van der Waals surface area contributed by atoms with Gasteiger partial charge in [-0.2, -0.15) is 0 Å². The molecule has 1 saturated heterocycles. The summed E-state index contributed by atoms with van der Waals surface area (Å²) in [5.41, 5.74) is 2.00. The molecule has 0 bridgehead atoms. The molecule has 1 aliphatic rings. The van der Waals surface area contributed by atoms with E-state index in [1.165, 1.54) is 0 Å². The van der Waals surface area contributed by atoms with Crippen molar-refractivity contribution in [3.05, 3.63) is 17.0 Å². The number of rotatable bonds is 4. The molecule has 0 saturated carbocycles. The summed E-state index contributed by atoms with van der Waals surface area (Å²) in [5, 5.41) is 13.1. The van der Waals surface area contributed by atoms with Crippen molar-refractivity contribution in [2.45, 2.75) is 45.7 Å². The van der Waals surface area contributed by atoms with E-state index in [9.17, 15) is 4.79 Å². The molecule has 1 aromatic rings. The van der Waals surface area contributed by atoms with E-state index < -0.39 is 5.97 Å². The molecule has 2 heterocycles. The maximum atomic E-state index is 11.1. The van der Waals surface area contributed by atoms with Gasteiger partial charge in [0.2, 0.25) is 0 Å². The van der Waals surface area contributed by atoms with Crippen LogP contribution in [0.4, 0.5) is 0 Å². The molecule has 0 unspecified atom stereocenters. The van der Waals surface area contributed by atoms with Gasteiger partial charge in [0.25, 0.3) is 0 Å². The van der Waals surface area contributed by atoms with Gasteiger partial charge in [0.1, 0.15) is 11.8 Å². The van der Waals surface area contributed by atoms with Crippen LogP contribution < -0.4 is 0 Å². The average molecular weight is 238 g/mol. The van der Waals surface area contributed by atoms with Crippen LogP contribution in [-0.2, 0) is 17.8 Å². The average Bonchev–Trinajstić information content (AvgIpc) is 2.88. The first-order chi connectivity index (χ1) is 8.13. The highest BCUT2D eigenvalue weighted by atomic mass is 16.5. The monoisotopic (exact) mass is 238 g/mol. The number of nitrogens with zero attached hydrogens (tertiary/aromatic N) is 2. The zero-order chi connectivity index (χ0) is 12.4. The molecule has 94 valence electrons. The van der Waals surface area contributed by atoms with E-state index in [1.807, 2.05) is 18.7 Å². The number of hydrogen-bond donors (Lipinski definition) is 1. The molecule has 5 heteroatoms. The number of aryl methyl sites for hydroxylation is 2. The van der Waals surface area contributed by atoms with E-state index in [4.69, 9.17) is 9.63 Å². The Morgan fingerprint density at radius 1 is 1.65 bits per heavy atom. The van der Waals surface area contributed by atoms with Gasteiger partial charge in [-0.25, -0.2) is 0 Å². The van der Waals surface area contributed by atoms with E-state index in [1.54, 1.807) is 0 Å². The molecule has 17 heavy (non-hydrogen) atoms. The summed E-state index contributed by atoms with van der Waals surface area (Å²) in [6, 6.07) is -0.353. The third-order valence-electron chi connectivity index (χ3n) is 3.41. The first-order valence-electron chi connectivity index (χ1n) is 6.04. The van der Waals surface area contributed by atoms with Crippen LogP contribution in [0.15, 0.2) is 4.52 Å². The Morgan fingerprint density at radius 2 is 2.41 bits per heavy atom. The Bertz CT molecular complexity index is 414. The predicted molar refractivity (Wildman–Crippen MR) is 61.7 cm³/mol. The molecule has 1 atom stereocenters. The van der Waals surface area contributed by atoms with Crippen molar-refractivity contribution < 1.29 is 14.4 Å². The first-order valence-corrected chi connectivity index (χ1v) is 6.04.